The number of hydrogen-bond acceptors (Lipinski definition) is 2. The van der Waals surface area contributed by atoms with Crippen LogP contribution in [0.5, 0.6) is 0 Å². The van der Waals surface area contributed by atoms with E-state index in [0.29, 0.717) is 13.0 Å². The lowest BCUT2D eigenvalue weighted by molar-refractivity contribution is -0.125. The first kappa shape index (κ1) is 25.0. The summed E-state index contributed by atoms with van der Waals surface area (Å²) >= 11 is 0. The highest BCUT2D eigenvalue weighted by molar-refractivity contribution is 5.84. The molecule has 0 atom stereocenters. The third kappa shape index (κ3) is 31.3. The van der Waals surface area contributed by atoms with E-state index in [1.165, 1.54) is 0 Å². The Morgan fingerprint density at radius 1 is 0.765 bits per heavy atom. The van der Waals surface area contributed by atoms with E-state index < -0.39 is 0 Å². The summed E-state index contributed by atoms with van der Waals surface area (Å²) in [5.74, 6) is -0.245. The molecule has 0 saturated carbocycles. The van der Waals surface area contributed by atoms with Crippen LogP contribution in [0.25, 0.3) is 0 Å². The first-order chi connectivity index (χ1) is 8.20. The molecule has 0 fully saturated rings. The normalized spacial score (nSPS) is 6.82. The highest BCUT2D eigenvalue weighted by Gasteiger charge is 2.00. The molecule has 0 aromatic carbocycles. The lowest BCUT2D eigenvalue weighted by Gasteiger charge is -2.02. The fraction of sp³-hybridized carbons (Fsp3) is 0.846. The van der Waals surface area contributed by atoms with Crippen molar-refractivity contribution in [2.75, 3.05) is 13.1 Å². The lowest BCUT2D eigenvalue weighted by Crippen LogP contribution is -2.36. The first-order valence-corrected chi connectivity index (χ1v) is 6.74. The Morgan fingerprint density at radius 2 is 1.18 bits per heavy atom. The van der Waals surface area contributed by atoms with Gasteiger partial charge in [0.15, 0.2) is 0 Å². The zero-order chi connectivity index (χ0) is 14.7. The molecule has 0 unspecified atom stereocenters. The zero-order valence-electron chi connectivity index (χ0n) is 12.9. The molecule has 0 radical (unpaired) electrons. The Labute approximate surface area is 108 Å². The molecule has 17 heavy (non-hydrogen) atoms. The summed E-state index contributed by atoms with van der Waals surface area (Å²) in [4.78, 5) is 21.4. The van der Waals surface area contributed by atoms with E-state index in [9.17, 15) is 9.59 Å². The van der Waals surface area contributed by atoms with Crippen molar-refractivity contribution in [1.82, 2.24) is 10.6 Å². The summed E-state index contributed by atoms with van der Waals surface area (Å²) in [6.45, 7) is 16.3. The summed E-state index contributed by atoms with van der Waals surface area (Å²) in [7, 11) is 0. The largest absolute Gasteiger partial charge is 0.355 e. The molecule has 106 valence electrons. The highest BCUT2D eigenvalue weighted by atomic mass is 16.2. The van der Waals surface area contributed by atoms with E-state index in [-0.39, 0.29) is 18.4 Å². The number of nitrogens with one attached hydrogen (secondary N) is 2. The van der Waals surface area contributed by atoms with E-state index in [2.05, 4.69) is 10.6 Å². The number of likely N-dealkylation sites (N-methyl/N-ethyl adjacent to an activating group) is 1. The number of hydrogen-bond donors (Lipinski definition) is 2. The van der Waals surface area contributed by atoms with Crippen molar-refractivity contribution < 1.29 is 9.59 Å². The Kier molecular flexibility index (Phi) is 43.1. The topological polar surface area (TPSA) is 58.2 Å². The zero-order valence-corrected chi connectivity index (χ0v) is 12.9. The van der Waals surface area contributed by atoms with Gasteiger partial charge >= 0.3 is 0 Å². The molecule has 0 saturated heterocycles. The molecule has 0 aliphatic rings. The van der Waals surface area contributed by atoms with Crippen LogP contribution in [0.3, 0.4) is 0 Å². The second-order valence-electron chi connectivity index (χ2n) is 2.08. The van der Waals surface area contributed by atoms with Crippen LogP contribution in [0.15, 0.2) is 0 Å². The van der Waals surface area contributed by atoms with Crippen molar-refractivity contribution in [1.29, 1.82) is 0 Å². The van der Waals surface area contributed by atoms with Gasteiger partial charge in [0.25, 0.3) is 0 Å². The molecule has 0 aromatic rings. The lowest BCUT2D eigenvalue weighted by atomic mass is 10.4. The molecular formula is C13H32N2O2. The van der Waals surface area contributed by atoms with E-state index in [1.807, 2.05) is 48.5 Å². The Hall–Kier alpha value is -1.06. The fourth-order valence-electron chi connectivity index (χ4n) is 0.564. The number of carbonyl (C=O) groups is 2. The van der Waals surface area contributed by atoms with Crippen LogP contribution in [0, 0.1) is 0 Å². The van der Waals surface area contributed by atoms with Crippen LogP contribution in [0.2, 0.25) is 0 Å². The number of carbonyl (C=O) groups excluding carboxylic acids is 2. The fourth-order valence-corrected chi connectivity index (χ4v) is 0.564. The second kappa shape index (κ2) is 29.4. The van der Waals surface area contributed by atoms with Gasteiger partial charge in [-0.2, -0.15) is 0 Å². The maximum absolute atomic E-state index is 10.7. The van der Waals surface area contributed by atoms with Gasteiger partial charge in [0.05, 0.1) is 6.54 Å². The van der Waals surface area contributed by atoms with Crippen molar-refractivity contribution in [2.24, 2.45) is 0 Å². The molecule has 0 bridgehead atoms. The van der Waals surface area contributed by atoms with E-state index >= 15 is 0 Å². The maximum atomic E-state index is 10.7. The molecule has 0 spiro atoms. The molecule has 0 aromatic heterocycles. The van der Waals surface area contributed by atoms with Crippen LogP contribution in [-0.2, 0) is 9.59 Å². The predicted molar refractivity (Wildman–Crippen MR) is 76.0 cm³/mol. The van der Waals surface area contributed by atoms with Crippen LogP contribution < -0.4 is 10.6 Å². The first-order valence-electron chi connectivity index (χ1n) is 6.74. The summed E-state index contributed by atoms with van der Waals surface area (Å²) in [6, 6.07) is 0. The van der Waals surface area contributed by atoms with Gasteiger partial charge in [-0.05, 0) is 6.92 Å². The second-order valence-corrected chi connectivity index (χ2v) is 2.08. The van der Waals surface area contributed by atoms with Gasteiger partial charge in [-0.25, -0.2) is 0 Å². The molecule has 0 aliphatic carbocycles. The van der Waals surface area contributed by atoms with Gasteiger partial charge in [-0.1, -0.05) is 48.5 Å². The van der Waals surface area contributed by atoms with Gasteiger partial charge < -0.3 is 10.6 Å². The maximum Gasteiger partial charge on any atom is 0.239 e. The van der Waals surface area contributed by atoms with Gasteiger partial charge in [0.2, 0.25) is 11.8 Å². The SMILES string of the molecule is CC.CC.CC.CCNC(=O)CNC(=O)CC. The minimum Gasteiger partial charge on any atom is -0.355 e. The van der Waals surface area contributed by atoms with Gasteiger partial charge in [0.1, 0.15) is 0 Å². The van der Waals surface area contributed by atoms with E-state index in [0.717, 1.165) is 0 Å². The van der Waals surface area contributed by atoms with Crippen molar-refractivity contribution >= 4 is 11.8 Å². The molecule has 0 rings (SSSR count). The standard InChI is InChI=1S/C7H14N2O2.3C2H6/c1-3-6(10)9-5-7(11)8-4-2;3*1-2/h3-5H2,1-2H3,(H,8,11)(H,9,10);3*1-2H3. The molecule has 0 aliphatic heterocycles. The molecule has 4 heteroatoms. The van der Waals surface area contributed by atoms with Crippen molar-refractivity contribution in [2.45, 2.75) is 61.8 Å². The third-order valence-electron chi connectivity index (χ3n) is 1.14. The van der Waals surface area contributed by atoms with Gasteiger partial charge in [0, 0.05) is 13.0 Å². The minimum absolute atomic E-state index is 0.0838. The molecule has 2 amide bonds. The van der Waals surface area contributed by atoms with E-state index in [1.54, 1.807) is 6.92 Å². The Morgan fingerprint density at radius 3 is 1.47 bits per heavy atom. The predicted octanol–water partition coefficient (Wildman–Crippen LogP) is 2.73. The Bertz CT molecular complexity index is 148. The summed E-state index contributed by atoms with van der Waals surface area (Å²) in [5.41, 5.74) is 0. The van der Waals surface area contributed by atoms with Crippen LogP contribution in [0.1, 0.15) is 61.8 Å². The molecular weight excluding hydrogens is 216 g/mol. The van der Waals surface area contributed by atoms with Crippen molar-refractivity contribution in [3.63, 3.8) is 0 Å². The van der Waals surface area contributed by atoms with Gasteiger partial charge in [-0.15, -0.1) is 0 Å². The smallest absolute Gasteiger partial charge is 0.239 e. The average Bonchev–Trinajstić information content (AvgIpc) is 2.43. The van der Waals surface area contributed by atoms with E-state index in [4.69, 9.17) is 0 Å². The van der Waals surface area contributed by atoms with Crippen LogP contribution in [-0.4, -0.2) is 24.9 Å². The van der Waals surface area contributed by atoms with Crippen LogP contribution >= 0.6 is 0 Å². The third-order valence-corrected chi connectivity index (χ3v) is 1.14. The monoisotopic (exact) mass is 248 g/mol. The molecule has 0 heterocycles. The number of amides is 2. The van der Waals surface area contributed by atoms with Crippen molar-refractivity contribution in [3.05, 3.63) is 0 Å². The van der Waals surface area contributed by atoms with Crippen LogP contribution in [0.4, 0.5) is 0 Å². The van der Waals surface area contributed by atoms with Gasteiger partial charge in [-0.3, -0.25) is 9.59 Å². The summed E-state index contributed by atoms with van der Waals surface area (Å²) < 4.78 is 0. The highest BCUT2D eigenvalue weighted by Crippen LogP contribution is 1.73. The Balaban J connectivity index is -0.000000121. The molecule has 2 N–H and O–H groups in total. The summed E-state index contributed by atoms with van der Waals surface area (Å²) in [6.07, 6.45) is 0.416. The average molecular weight is 248 g/mol. The molecule has 4 nitrogen and oxygen atoms in total. The quantitative estimate of drug-likeness (QED) is 0.803. The number of rotatable bonds is 4. The summed E-state index contributed by atoms with van der Waals surface area (Å²) in [5, 5.41) is 5.04. The minimum atomic E-state index is -0.144. The van der Waals surface area contributed by atoms with Crippen molar-refractivity contribution in [3.8, 4) is 0 Å².